The van der Waals surface area contributed by atoms with Crippen molar-refractivity contribution in [3.63, 3.8) is 0 Å². The smallest absolute Gasteiger partial charge is 0.314 e. The molecule has 0 fully saturated rings. The maximum Gasteiger partial charge on any atom is 0.314 e. The van der Waals surface area contributed by atoms with Crippen LogP contribution in [0.15, 0.2) is 4.99 Å². The fourth-order valence-electron chi connectivity index (χ4n) is 2.11. The van der Waals surface area contributed by atoms with Gasteiger partial charge in [0.15, 0.2) is 5.90 Å². The molecule has 0 saturated heterocycles. The van der Waals surface area contributed by atoms with Gasteiger partial charge in [-0.2, -0.15) is 0 Å². The van der Waals surface area contributed by atoms with Crippen molar-refractivity contribution in [1.82, 2.24) is 0 Å². The van der Waals surface area contributed by atoms with Crippen LogP contribution in [-0.4, -0.2) is 35.0 Å². The quantitative estimate of drug-likeness (QED) is 0.158. The first-order valence-corrected chi connectivity index (χ1v) is 16.8. The summed E-state index contributed by atoms with van der Waals surface area (Å²) in [6.07, 6.45) is 6.81. The molecule has 6 heteroatoms. The third-order valence-corrected chi connectivity index (χ3v) is 14.9. The first kappa shape index (κ1) is 27.4. The maximum atomic E-state index is 12.4. The van der Waals surface area contributed by atoms with Crippen LogP contribution in [0.1, 0.15) is 87.0 Å². The van der Waals surface area contributed by atoms with Gasteiger partial charge in [-0.05, 0) is 42.7 Å². The third-order valence-electron chi connectivity index (χ3n) is 6.23. The second-order valence-electron chi connectivity index (χ2n) is 11.0. The SMILES string of the molecule is CCCCCCCC(=NCC(=O)O[Si](C)(C)C(C)(C)C)O[Si](C)(C)C(C)(C)C. The maximum absolute atomic E-state index is 12.4. The summed E-state index contributed by atoms with van der Waals surface area (Å²) in [6.45, 7) is 24.0. The first-order valence-electron chi connectivity index (χ1n) is 11.0. The number of rotatable bonds is 10. The lowest BCUT2D eigenvalue weighted by Gasteiger charge is -2.37. The van der Waals surface area contributed by atoms with E-state index in [0.29, 0.717) is 0 Å². The van der Waals surface area contributed by atoms with Gasteiger partial charge in [0.25, 0.3) is 16.6 Å². The van der Waals surface area contributed by atoms with Crippen molar-refractivity contribution < 1.29 is 13.6 Å². The van der Waals surface area contributed by atoms with E-state index >= 15 is 0 Å². The Morgan fingerprint density at radius 1 is 0.786 bits per heavy atom. The van der Waals surface area contributed by atoms with Crippen molar-refractivity contribution in [2.24, 2.45) is 4.99 Å². The third kappa shape index (κ3) is 9.72. The van der Waals surface area contributed by atoms with Crippen molar-refractivity contribution in [3.8, 4) is 0 Å². The van der Waals surface area contributed by atoms with Crippen LogP contribution in [0.5, 0.6) is 0 Å². The van der Waals surface area contributed by atoms with Crippen molar-refractivity contribution in [3.05, 3.63) is 0 Å². The zero-order valence-electron chi connectivity index (χ0n) is 20.6. The number of carbonyl (C=O) groups excluding carboxylic acids is 1. The van der Waals surface area contributed by atoms with Crippen LogP contribution in [0.3, 0.4) is 0 Å². The average molecular weight is 430 g/mol. The zero-order valence-corrected chi connectivity index (χ0v) is 22.6. The number of nitrogens with zero attached hydrogens (tertiary/aromatic N) is 1. The molecule has 28 heavy (non-hydrogen) atoms. The molecule has 0 aromatic heterocycles. The molecule has 0 rings (SSSR count). The van der Waals surface area contributed by atoms with Gasteiger partial charge in [-0.1, -0.05) is 74.1 Å². The molecule has 0 aliphatic heterocycles. The summed E-state index contributed by atoms with van der Waals surface area (Å²) in [5.41, 5.74) is 0. The highest BCUT2D eigenvalue weighted by Crippen LogP contribution is 2.38. The van der Waals surface area contributed by atoms with Gasteiger partial charge in [0.05, 0.1) is 0 Å². The molecule has 0 bridgehead atoms. The Labute approximate surface area is 177 Å². The molecule has 0 heterocycles. The van der Waals surface area contributed by atoms with E-state index in [1.807, 2.05) is 0 Å². The van der Waals surface area contributed by atoms with E-state index in [1.165, 1.54) is 25.7 Å². The Morgan fingerprint density at radius 3 is 1.71 bits per heavy atom. The van der Waals surface area contributed by atoms with Crippen LogP contribution in [0.25, 0.3) is 0 Å². The molecule has 0 amide bonds. The normalized spacial score (nSPS) is 14.2. The van der Waals surface area contributed by atoms with Crippen LogP contribution in [0.2, 0.25) is 36.3 Å². The lowest BCUT2D eigenvalue weighted by molar-refractivity contribution is -0.133. The Hall–Kier alpha value is -0.626. The number of hydrogen-bond acceptors (Lipinski definition) is 4. The molecular formula is C22H47NO3Si2. The highest BCUT2D eigenvalue weighted by atomic mass is 28.4. The lowest BCUT2D eigenvalue weighted by Crippen LogP contribution is -2.44. The minimum absolute atomic E-state index is 0.00607. The number of hydrogen-bond donors (Lipinski definition) is 0. The molecule has 166 valence electrons. The standard InChI is InChI=1S/C22H47NO3Si2/c1-12-13-14-15-16-17-19(25-27(8,9)21(2,3)4)23-18-20(24)26-28(10,11)22(5,6)7/h12-18H2,1-11H3. The van der Waals surface area contributed by atoms with E-state index in [-0.39, 0.29) is 22.6 Å². The van der Waals surface area contributed by atoms with Gasteiger partial charge in [-0.3, -0.25) is 4.79 Å². The predicted molar refractivity (Wildman–Crippen MR) is 127 cm³/mol. The van der Waals surface area contributed by atoms with E-state index in [1.54, 1.807) is 0 Å². The fourth-order valence-corrected chi connectivity index (χ4v) is 4.11. The Balaban J connectivity index is 5.09. The van der Waals surface area contributed by atoms with Gasteiger partial charge >= 0.3 is 5.97 Å². The van der Waals surface area contributed by atoms with Gasteiger partial charge < -0.3 is 8.85 Å². The van der Waals surface area contributed by atoms with Gasteiger partial charge in [-0.15, -0.1) is 0 Å². The van der Waals surface area contributed by atoms with Gasteiger partial charge in [0.1, 0.15) is 6.54 Å². The summed E-state index contributed by atoms with van der Waals surface area (Å²) in [7, 11) is -4.07. The molecule has 4 nitrogen and oxygen atoms in total. The zero-order chi connectivity index (χ0) is 22.2. The van der Waals surface area contributed by atoms with E-state index in [2.05, 4.69) is 79.6 Å². The first-order chi connectivity index (χ1) is 12.5. The molecule has 0 aliphatic carbocycles. The molecule has 0 spiro atoms. The van der Waals surface area contributed by atoms with Crippen LogP contribution >= 0.6 is 0 Å². The summed E-state index contributed by atoms with van der Waals surface area (Å²) in [4.78, 5) is 17.0. The van der Waals surface area contributed by atoms with Crippen LogP contribution in [0, 0.1) is 0 Å². The van der Waals surface area contributed by atoms with Crippen LogP contribution < -0.4 is 0 Å². The van der Waals surface area contributed by atoms with Crippen molar-refractivity contribution in [2.75, 3.05) is 6.54 Å². The topological polar surface area (TPSA) is 47.9 Å². The highest BCUT2D eigenvalue weighted by molar-refractivity contribution is 6.76. The van der Waals surface area contributed by atoms with Gasteiger partial charge in [-0.25, -0.2) is 4.99 Å². The van der Waals surface area contributed by atoms with E-state index in [9.17, 15) is 4.79 Å². The highest BCUT2D eigenvalue weighted by Gasteiger charge is 2.41. The molecular weight excluding hydrogens is 382 g/mol. The number of carbonyl (C=O) groups is 1. The minimum atomic E-state index is -2.11. The number of aliphatic imine (C=N–C) groups is 1. The van der Waals surface area contributed by atoms with Gasteiger partial charge in [0, 0.05) is 6.42 Å². The van der Waals surface area contributed by atoms with Crippen LogP contribution in [0.4, 0.5) is 0 Å². The molecule has 0 unspecified atom stereocenters. The molecule has 0 N–H and O–H groups in total. The second-order valence-corrected chi connectivity index (χ2v) is 20.4. The largest absolute Gasteiger partial charge is 0.534 e. The molecule has 0 atom stereocenters. The van der Waals surface area contributed by atoms with Crippen LogP contribution in [-0.2, 0) is 13.6 Å². The van der Waals surface area contributed by atoms with Gasteiger partial charge in [0.2, 0.25) is 0 Å². The molecule has 0 saturated carbocycles. The lowest BCUT2D eigenvalue weighted by atomic mass is 10.1. The summed E-state index contributed by atoms with van der Waals surface area (Å²) in [5, 5.41) is 0.115. The predicted octanol–water partition coefficient (Wildman–Crippen LogP) is 7.32. The molecule has 0 radical (unpaired) electrons. The molecule has 0 aliphatic rings. The summed E-state index contributed by atoms with van der Waals surface area (Å²) in [6, 6.07) is 0. The Morgan fingerprint density at radius 2 is 1.25 bits per heavy atom. The van der Waals surface area contributed by atoms with Crippen molar-refractivity contribution in [2.45, 2.75) is 123 Å². The van der Waals surface area contributed by atoms with Crippen molar-refractivity contribution >= 4 is 28.5 Å². The Bertz CT molecular complexity index is 515. The summed E-state index contributed by atoms with van der Waals surface area (Å²) >= 11 is 0. The molecule has 0 aromatic rings. The van der Waals surface area contributed by atoms with E-state index < -0.39 is 16.6 Å². The summed E-state index contributed by atoms with van der Waals surface area (Å²) in [5.74, 6) is 0.518. The van der Waals surface area contributed by atoms with E-state index in [4.69, 9.17) is 8.85 Å². The van der Waals surface area contributed by atoms with E-state index in [0.717, 1.165) is 18.7 Å². The second kappa shape index (κ2) is 11.0. The number of unbranched alkanes of at least 4 members (excludes halogenated alkanes) is 4. The Kier molecular flexibility index (Phi) is 10.7. The monoisotopic (exact) mass is 429 g/mol. The van der Waals surface area contributed by atoms with Crippen molar-refractivity contribution in [1.29, 1.82) is 0 Å². The minimum Gasteiger partial charge on any atom is -0.534 e. The fraction of sp³-hybridized carbons (Fsp3) is 0.909. The summed E-state index contributed by atoms with van der Waals surface area (Å²) < 4.78 is 12.3. The average Bonchev–Trinajstić information content (AvgIpc) is 2.49. The molecule has 0 aromatic carbocycles.